The van der Waals surface area contributed by atoms with Gasteiger partial charge in [0.2, 0.25) is 0 Å². The van der Waals surface area contributed by atoms with Crippen LogP contribution in [0.4, 0.5) is 0 Å². The second-order valence-corrected chi connectivity index (χ2v) is 5.12. The van der Waals surface area contributed by atoms with Crippen LogP contribution in [0.3, 0.4) is 0 Å². The summed E-state index contributed by atoms with van der Waals surface area (Å²) in [6.45, 7) is 4.30. The minimum atomic E-state index is -0.320. The van der Waals surface area contributed by atoms with Crippen LogP contribution >= 0.6 is 15.9 Å². The molecule has 0 saturated carbocycles. The molecule has 0 aliphatic carbocycles. The maximum Gasteiger partial charge on any atom is 0.190 e. The number of fused-ring (bicyclic) bond motifs is 1. The van der Waals surface area contributed by atoms with Gasteiger partial charge < -0.3 is 5.11 Å². The lowest BCUT2D eigenvalue weighted by Gasteiger charge is -2.20. The largest absolute Gasteiger partial charge is 0.401 e. The minimum Gasteiger partial charge on any atom is -0.401 e. The lowest BCUT2D eigenvalue weighted by Crippen LogP contribution is -2.23. The van der Waals surface area contributed by atoms with Gasteiger partial charge in [-0.25, -0.2) is 0 Å². The lowest BCUT2D eigenvalue weighted by atomic mass is 9.68. The molecule has 1 aliphatic heterocycles. The van der Waals surface area contributed by atoms with E-state index in [1.807, 2.05) is 13.3 Å². The van der Waals surface area contributed by atoms with Crippen molar-refractivity contribution in [1.29, 1.82) is 0 Å². The minimum absolute atomic E-state index is 0.262. The van der Waals surface area contributed by atoms with Crippen molar-refractivity contribution in [2.45, 2.75) is 25.8 Å². The molecule has 3 heteroatoms. The molecule has 73 valence electrons. The van der Waals surface area contributed by atoms with Gasteiger partial charge in [-0.2, -0.15) is 0 Å². The Hall–Kier alpha value is -0.275. The van der Waals surface area contributed by atoms with Crippen LogP contribution in [0.1, 0.15) is 25.3 Å². The molecule has 1 N–H and O–H groups in total. The Bertz CT molecular complexity index is 351. The molecule has 0 saturated heterocycles. The quantitative estimate of drug-likeness (QED) is 0.756. The first-order valence-corrected chi connectivity index (χ1v) is 5.71. The van der Waals surface area contributed by atoms with Gasteiger partial charge in [0.15, 0.2) is 7.28 Å². The highest BCUT2D eigenvalue weighted by atomic mass is 79.9. The molecule has 14 heavy (non-hydrogen) atoms. The second-order valence-electron chi connectivity index (χ2n) is 4.20. The fourth-order valence-corrected chi connectivity index (χ4v) is 2.60. The smallest absolute Gasteiger partial charge is 0.190 e. The molecule has 1 aliphatic rings. The molecular formula is C11H13BBrO. The van der Waals surface area contributed by atoms with Crippen LogP contribution in [0.2, 0.25) is 0 Å². The Morgan fingerprint density at radius 3 is 2.79 bits per heavy atom. The molecule has 1 heterocycles. The van der Waals surface area contributed by atoms with Crippen molar-refractivity contribution in [2.75, 3.05) is 0 Å². The zero-order valence-corrected chi connectivity index (χ0v) is 9.95. The first-order chi connectivity index (χ1) is 6.59. The van der Waals surface area contributed by atoms with Gasteiger partial charge in [-0.05, 0) is 17.5 Å². The fraction of sp³-hybridized carbons (Fsp3) is 0.455. The number of hydrogen-bond donors (Lipinski definition) is 1. The summed E-state index contributed by atoms with van der Waals surface area (Å²) in [4.78, 5) is 0. The number of hydrogen-bond acceptors (Lipinski definition) is 1. The Kier molecular flexibility index (Phi) is 2.71. The molecule has 2 atom stereocenters. The molecule has 0 fully saturated rings. The monoisotopic (exact) mass is 251 g/mol. The molecule has 0 amide bonds. The molecule has 1 aromatic rings. The summed E-state index contributed by atoms with van der Waals surface area (Å²) < 4.78 is 1.07. The third-order valence-electron chi connectivity index (χ3n) is 2.84. The molecule has 2 unspecified atom stereocenters. The van der Waals surface area contributed by atoms with E-state index >= 15 is 0 Å². The molecule has 0 spiro atoms. The summed E-state index contributed by atoms with van der Waals surface area (Å²) >= 11 is 3.44. The highest BCUT2D eigenvalue weighted by Crippen LogP contribution is 2.31. The van der Waals surface area contributed by atoms with Crippen molar-refractivity contribution < 1.29 is 5.11 Å². The number of aliphatic hydroxyl groups excluding tert-OH is 1. The highest BCUT2D eigenvalue weighted by Gasteiger charge is 2.33. The second kappa shape index (κ2) is 3.71. The molecule has 1 nitrogen and oxygen atoms in total. The van der Waals surface area contributed by atoms with E-state index in [4.69, 9.17) is 0 Å². The summed E-state index contributed by atoms with van der Waals surface area (Å²) in [7, 11) is 1.95. The van der Waals surface area contributed by atoms with Crippen LogP contribution < -0.4 is 5.46 Å². The van der Waals surface area contributed by atoms with E-state index in [9.17, 15) is 5.11 Å². The number of aliphatic hydroxyl groups is 1. The van der Waals surface area contributed by atoms with E-state index in [0.717, 1.165) is 4.47 Å². The van der Waals surface area contributed by atoms with Crippen LogP contribution in [-0.4, -0.2) is 18.4 Å². The van der Waals surface area contributed by atoms with Crippen molar-refractivity contribution >= 4 is 28.7 Å². The normalized spacial score (nSPS) is 24.9. The van der Waals surface area contributed by atoms with E-state index in [1.165, 1.54) is 11.0 Å². The van der Waals surface area contributed by atoms with Crippen LogP contribution in [0.25, 0.3) is 0 Å². The Balaban J connectivity index is 2.42. The molecule has 0 aromatic heterocycles. The number of halogens is 1. The van der Waals surface area contributed by atoms with Crippen molar-refractivity contribution in [1.82, 2.24) is 0 Å². The highest BCUT2D eigenvalue weighted by molar-refractivity contribution is 9.10. The predicted molar refractivity (Wildman–Crippen MR) is 63.1 cm³/mol. The Morgan fingerprint density at radius 2 is 2.14 bits per heavy atom. The van der Waals surface area contributed by atoms with E-state index in [0.29, 0.717) is 5.92 Å². The molecule has 1 aromatic carbocycles. The first kappa shape index (κ1) is 10.2. The average molecular weight is 252 g/mol. The topological polar surface area (TPSA) is 20.2 Å². The van der Waals surface area contributed by atoms with Crippen molar-refractivity contribution in [3.8, 4) is 0 Å². The third kappa shape index (κ3) is 1.63. The van der Waals surface area contributed by atoms with Gasteiger partial charge in [-0.1, -0.05) is 47.4 Å². The Morgan fingerprint density at radius 1 is 1.43 bits per heavy atom. The molecule has 0 bridgehead atoms. The number of rotatable bonds is 1. The SMILES string of the molecule is CC(C)C1c2ccc(Br)cc2[B]C1O. The lowest BCUT2D eigenvalue weighted by molar-refractivity contribution is 0.199. The fourth-order valence-electron chi connectivity index (χ4n) is 2.22. The summed E-state index contributed by atoms with van der Waals surface area (Å²) in [6, 6.07) is 5.90. The van der Waals surface area contributed by atoms with Crippen LogP contribution in [0.15, 0.2) is 22.7 Å². The maximum atomic E-state index is 9.90. The van der Waals surface area contributed by atoms with Gasteiger partial charge in [0, 0.05) is 16.4 Å². The molecular weight excluding hydrogens is 239 g/mol. The van der Waals surface area contributed by atoms with E-state index < -0.39 is 0 Å². The van der Waals surface area contributed by atoms with Crippen molar-refractivity contribution in [2.24, 2.45) is 5.92 Å². The van der Waals surface area contributed by atoms with Crippen LogP contribution in [0.5, 0.6) is 0 Å². The zero-order valence-electron chi connectivity index (χ0n) is 8.37. The van der Waals surface area contributed by atoms with Crippen molar-refractivity contribution in [3.63, 3.8) is 0 Å². The van der Waals surface area contributed by atoms with Gasteiger partial charge >= 0.3 is 0 Å². The molecule has 1 radical (unpaired) electrons. The summed E-state index contributed by atoms with van der Waals surface area (Å²) in [5.74, 6) is 0.738. The summed E-state index contributed by atoms with van der Waals surface area (Å²) in [5, 5.41) is 9.90. The standard InChI is InChI=1S/C11H13BBrO/c1-6(2)10-8-4-3-7(13)5-9(8)12-11(10)14/h3-6,10-11,14H,1-2H3. The third-order valence-corrected chi connectivity index (χ3v) is 3.34. The van der Waals surface area contributed by atoms with Gasteiger partial charge in [0.05, 0.1) is 0 Å². The van der Waals surface area contributed by atoms with E-state index in [2.05, 4.69) is 41.9 Å². The average Bonchev–Trinajstić information content (AvgIpc) is 2.39. The first-order valence-electron chi connectivity index (χ1n) is 4.92. The van der Waals surface area contributed by atoms with Gasteiger partial charge in [-0.3, -0.25) is 0 Å². The van der Waals surface area contributed by atoms with Crippen molar-refractivity contribution in [3.05, 3.63) is 28.2 Å². The summed E-state index contributed by atoms with van der Waals surface area (Å²) in [5.41, 5.74) is 2.45. The van der Waals surface area contributed by atoms with Gasteiger partial charge in [0.25, 0.3) is 0 Å². The van der Waals surface area contributed by atoms with Gasteiger partial charge in [-0.15, -0.1) is 0 Å². The van der Waals surface area contributed by atoms with E-state index in [-0.39, 0.29) is 11.9 Å². The van der Waals surface area contributed by atoms with Gasteiger partial charge in [0.1, 0.15) is 0 Å². The zero-order chi connectivity index (χ0) is 10.3. The van der Waals surface area contributed by atoms with Crippen LogP contribution in [-0.2, 0) is 0 Å². The number of benzene rings is 1. The molecule has 2 rings (SSSR count). The predicted octanol–water partition coefficient (Wildman–Crippen LogP) is 1.85. The maximum absolute atomic E-state index is 9.90. The van der Waals surface area contributed by atoms with E-state index in [1.54, 1.807) is 0 Å². The Labute approximate surface area is 93.9 Å². The summed E-state index contributed by atoms with van der Waals surface area (Å²) in [6.07, 6.45) is 0. The van der Waals surface area contributed by atoms with Crippen LogP contribution in [0, 0.1) is 5.92 Å².